The van der Waals surface area contributed by atoms with Gasteiger partial charge in [-0.2, -0.15) is 0 Å². The molecule has 25 heavy (non-hydrogen) atoms. The van der Waals surface area contributed by atoms with Gasteiger partial charge in [0.1, 0.15) is 11.3 Å². The van der Waals surface area contributed by atoms with Gasteiger partial charge in [0.2, 0.25) is 0 Å². The largest absolute Gasteiger partial charge is 0.508 e. The molecule has 0 fully saturated rings. The molecule has 0 radical (unpaired) electrons. The Morgan fingerprint density at radius 3 is 2.08 bits per heavy atom. The van der Waals surface area contributed by atoms with Gasteiger partial charge in [-0.25, -0.2) is 0 Å². The third-order valence-electron chi connectivity index (χ3n) is 4.32. The molecule has 1 aliphatic rings. The van der Waals surface area contributed by atoms with Gasteiger partial charge in [0.05, 0.1) is 5.92 Å². The van der Waals surface area contributed by atoms with Crippen LogP contribution >= 0.6 is 0 Å². The Balaban J connectivity index is 3.45. The molecular weight excluding hydrogens is 320 g/mol. The van der Waals surface area contributed by atoms with Gasteiger partial charge in [-0.1, -0.05) is 37.1 Å². The van der Waals surface area contributed by atoms with E-state index in [-0.39, 0.29) is 12.8 Å². The van der Waals surface area contributed by atoms with Crippen LogP contribution in [-0.4, -0.2) is 33.2 Å². The molecule has 0 aromatic carbocycles. The van der Waals surface area contributed by atoms with Crippen molar-refractivity contribution in [3.8, 4) is 0 Å². The smallest absolute Gasteiger partial charge is 0.191 e. The number of allylic oxidation sites excluding steroid dienone is 5. The summed E-state index contributed by atoms with van der Waals surface area (Å²) in [6.07, 6.45) is 3.30. The van der Waals surface area contributed by atoms with Crippen molar-refractivity contribution in [3.05, 3.63) is 34.6 Å². The minimum atomic E-state index is -2.35. The lowest BCUT2D eigenvalue weighted by Gasteiger charge is -2.27. The van der Waals surface area contributed by atoms with E-state index in [9.17, 15) is 24.6 Å². The second kappa shape index (κ2) is 7.91. The number of hydrogen-bond acceptors (Lipinski definition) is 5. The SMILES string of the molecule is CC(C)=CCC(=O)[C@@]1(O)C(O)=C(C(=O)C(C)C)C(=O)[C@@H]1CC=C(C)C. The lowest BCUT2D eigenvalue weighted by atomic mass is 9.81. The molecule has 1 aliphatic carbocycles. The number of aliphatic hydroxyl groups is 2. The number of hydrogen-bond donors (Lipinski definition) is 2. The molecule has 0 saturated heterocycles. The summed E-state index contributed by atoms with van der Waals surface area (Å²) in [5, 5.41) is 21.5. The Morgan fingerprint density at radius 2 is 1.64 bits per heavy atom. The molecule has 0 spiro atoms. The van der Waals surface area contributed by atoms with Crippen LogP contribution in [0, 0.1) is 11.8 Å². The molecular formula is C20H28O5. The summed E-state index contributed by atoms with van der Waals surface area (Å²) >= 11 is 0. The third kappa shape index (κ3) is 4.15. The lowest BCUT2D eigenvalue weighted by molar-refractivity contribution is -0.144. The number of carbonyl (C=O) groups is 3. The van der Waals surface area contributed by atoms with Crippen LogP contribution in [0.1, 0.15) is 54.4 Å². The molecule has 0 bridgehead atoms. The van der Waals surface area contributed by atoms with Crippen LogP contribution in [0.25, 0.3) is 0 Å². The molecule has 0 aromatic heterocycles. The van der Waals surface area contributed by atoms with Gasteiger partial charge < -0.3 is 10.2 Å². The van der Waals surface area contributed by atoms with Gasteiger partial charge in [0.15, 0.2) is 23.0 Å². The van der Waals surface area contributed by atoms with E-state index in [4.69, 9.17) is 0 Å². The van der Waals surface area contributed by atoms with Crippen molar-refractivity contribution in [1.29, 1.82) is 0 Å². The second-order valence-corrected chi connectivity index (χ2v) is 7.35. The average Bonchev–Trinajstić information content (AvgIpc) is 2.69. The molecule has 5 nitrogen and oxygen atoms in total. The second-order valence-electron chi connectivity index (χ2n) is 7.35. The monoisotopic (exact) mass is 348 g/mol. The maximum absolute atomic E-state index is 12.7. The van der Waals surface area contributed by atoms with E-state index in [1.807, 2.05) is 13.8 Å². The molecule has 5 heteroatoms. The highest BCUT2D eigenvalue weighted by molar-refractivity contribution is 6.26. The first-order valence-electron chi connectivity index (χ1n) is 8.49. The van der Waals surface area contributed by atoms with Gasteiger partial charge in [0, 0.05) is 12.3 Å². The molecule has 0 heterocycles. The maximum atomic E-state index is 12.7. The summed E-state index contributed by atoms with van der Waals surface area (Å²) in [5.74, 6) is -4.41. The van der Waals surface area contributed by atoms with Crippen molar-refractivity contribution in [1.82, 2.24) is 0 Å². The predicted octanol–water partition coefficient (Wildman–Crippen LogP) is 3.24. The molecule has 0 aromatic rings. The van der Waals surface area contributed by atoms with Crippen molar-refractivity contribution in [3.63, 3.8) is 0 Å². The first-order valence-corrected chi connectivity index (χ1v) is 8.49. The first kappa shape index (κ1) is 21.0. The fourth-order valence-electron chi connectivity index (χ4n) is 2.77. The number of aliphatic hydroxyl groups excluding tert-OH is 1. The minimum Gasteiger partial charge on any atom is -0.508 e. The van der Waals surface area contributed by atoms with E-state index in [1.165, 1.54) is 0 Å². The van der Waals surface area contributed by atoms with Gasteiger partial charge in [-0.05, 0) is 34.1 Å². The minimum absolute atomic E-state index is 0.0805. The van der Waals surface area contributed by atoms with E-state index < -0.39 is 46.1 Å². The number of rotatable bonds is 7. The summed E-state index contributed by atoms with van der Waals surface area (Å²) in [6.45, 7) is 10.5. The van der Waals surface area contributed by atoms with Gasteiger partial charge >= 0.3 is 0 Å². The lowest BCUT2D eigenvalue weighted by Crippen LogP contribution is -2.46. The zero-order chi connectivity index (χ0) is 19.5. The third-order valence-corrected chi connectivity index (χ3v) is 4.32. The Morgan fingerprint density at radius 1 is 1.12 bits per heavy atom. The van der Waals surface area contributed by atoms with Gasteiger partial charge in [-0.15, -0.1) is 0 Å². The van der Waals surface area contributed by atoms with Crippen molar-refractivity contribution >= 4 is 17.3 Å². The molecule has 2 atom stereocenters. The van der Waals surface area contributed by atoms with Crippen LogP contribution in [0.5, 0.6) is 0 Å². The summed E-state index contributed by atoms with van der Waals surface area (Å²) in [6, 6.07) is 0. The summed E-state index contributed by atoms with van der Waals surface area (Å²) in [7, 11) is 0. The van der Waals surface area contributed by atoms with E-state index in [2.05, 4.69) is 0 Å². The zero-order valence-corrected chi connectivity index (χ0v) is 15.8. The highest BCUT2D eigenvalue weighted by Crippen LogP contribution is 2.41. The summed E-state index contributed by atoms with van der Waals surface area (Å²) in [5.41, 5.74) is -0.996. The zero-order valence-electron chi connectivity index (χ0n) is 15.8. The Labute approximate surface area is 149 Å². The van der Waals surface area contributed by atoms with Crippen LogP contribution in [0.15, 0.2) is 34.6 Å². The maximum Gasteiger partial charge on any atom is 0.191 e. The van der Waals surface area contributed by atoms with Crippen molar-refractivity contribution in [2.45, 2.75) is 60.0 Å². The molecule has 0 aliphatic heterocycles. The predicted molar refractivity (Wildman–Crippen MR) is 96.0 cm³/mol. The average molecular weight is 348 g/mol. The van der Waals surface area contributed by atoms with Crippen LogP contribution in [-0.2, 0) is 14.4 Å². The number of Topliss-reactive ketones (excluding diaryl/α,β-unsaturated/α-hetero) is 3. The van der Waals surface area contributed by atoms with E-state index in [1.54, 1.807) is 39.8 Å². The number of ketones is 3. The molecule has 0 saturated carbocycles. The highest BCUT2D eigenvalue weighted by Gasteiger charge is 2.58. The van der Waals surface area contributed by atoms with Crippen LogP contribution in [0.4, 0.5) is 0 Å². The first-order chi connectivity index (χ1) is 11.4. The van der Waals surface area contributed by atoms with E-state index in [0.29, 0.717) is 0 Å². The fourth-order valence-corrected chi connectivity index (χ4v) is 2.77. The standard InChI is InChI=1S/C20H28O5/c1-11(2)7-9-14-18(23)16(17(22)13(5)6)19(24)20(14,25)15(21)10-8-12(3)4/h7-8,13-14,24-25H,9-10H2,1-6H3/t14-,20+/m0/s1. The Kier molecular flexibility index (Phi) is 6.66. The van der Waals surface area contributed by atoms with Crippen LogP contribution in [0.2, 0.25) is 0 Å². The quantitative estimate of drug-likeness (QED) is 0.544. The van der Waals surface area contributed by atoms with Crippen molar-refractivity contribution < 1.29 is 24.6 Å². The summed E-state index contributed by atoms with van der Waals surface area (Å²) in [4.78, 5) is 37.7. The van der Waals surface area contributed by atoms with Gasteiger partial charge in [0.25, 0.3) is 0 Å². The molecule has 2 N–H and O–H groups in total. The topological polar surface area (TPSA) is 91.7 Å². The normalized spacial score (nSPS) is 23.0. The van der Waals surface area contributed by atoms with Crippen LogP contribution in [0.3, 0.4) is 0 Å². The Hall–Kier alpha value is -2.01. The summed E-state index contributed by atoms with van der Waals surface area (Å²) < 4.78 is 0. The molecule has 1 rings (SSSR count). The number of carbonyl (C=O) groups excluding carboxylic acids is 3. The van der Waals surface area contributed by atoms with Crippen molar-refractivity contribution in [2.24, 2.45) is 11.8 Å². The fraction of sp³-hybridized carbons (Fsp3) is 0.550. The van der Waals surface area contributed by atoms with E-state index >= 15 is 0 Å². The molecule has 138 valence electrons. The highest BCUT2D eigenvalue weighted by atomic mass is 16.3. The van der Waals surface area contributed by atoms with Crippen molar-refractivity contribution in [2.75, 3.05) is 0 Å². The van der Waals surface area contributed by atoms with E-state index in [0.717, 1.165) is 11.1 Å². The van der Waals surface area contributed by atoms with Gasteiger partial charge in [-0.3, -0.25) is 14.4 Å². The molecule has 0 amide bonds. The Bertz CT molecular complexity index is 670. The van der Waals surface area contributed by atoms with Crippen LogP contribution < -0.4 is 0 Å². The molecule has 0 unspecified atom stereocenters.